The van der Waals surface area contributed by atoms with Crippen LogP contribution in [-0.2, 0) is 9.53 Å². The van der Waals surface area contributed by atoms with Crippen LogP contribution in [0.15, 0.2) is 11.8 Å². The van der Waals surface area contributed by atoms with Gasteiger partial charge in [-0.15, -0.1) is 0 Å². The molecule has 0 radical (unpaired) electrons. The fourth-order valence-electron chi connectivity index (χ4n) is 0.610. The molecule has 0 saturated heterocycles. The van der Waals surface area contributed by atoms with Gasteiger partial charge in [-0.05, 0) is 6.92 Å². The van der Waals surface area contributed by atoms with Crippen molar-refractivity contribution in [2.75, 3.05) is 6.61 Å². The van der Waals surface area contributed by atoms with E-state index >= 15 is 0 Å². The molecule has 0 fully saturated rings. The van der Waals surface area contributed by atoms with Crippen LogP contribution < -0.4 is 0 Å². The van der Waals surface area contributed by atoms with Crippen LogP contribution in [0, 0.1) is 0 Å². The summed E-state index contributed by atoms with van der Waals surface area (Å²) in [6, 6.07) is 0. The average Bonchev–Trinajstić information content (AvgIpc) is 1.99. The predicted molar refractivity (Wildman–Crippen MR) is 38.0 cm³/mol. The van der Waals surface area contributed by atoms with Crippen LogP contribution in [0.2, 0.25) is 0 Å². The van der Waals surface area contributed by atoms with E-state index in [1.165, 1.54) is 6.92 Å². The summed E-state index contributed by atoms with van der Waals surface area (Å²) in [7, 11) is 0. The maximum atomic E-state index is 11.7. The fourth-order valence-corrected chi connectivity index (χ4v) is 0.610. The molecule has 0 unspecified atom stereocenters. The van der Waals surface area contributed by atoms with E-state index in [0.717, 1.165) is 0 Å². The maximum absolute atomic E-state index is 11.7. The van der Waals surface area contributed by atoms with Crippen LogP contribution in [0.4, 0.5) is 13.2 Å². The minimum absolute atomic E-state index is 0.0337. The maximum Gasteiger partial charge on any atom is 0.393 e. The van der Waals surface area contributed by atoms with Gasteiger partial charge in [0, 0.05) is 0 Å². The van der Waals surface area contributed by atoms with E-state index < -0.39 is 24.1 Å². The van der Waals surface area contributed by atoms with Gasteiger partial charge in [0.2, 0.25) is 0 Å². The van der Waals surface area contributed by atoms with Gasteiger partial charge in [-0.2, -0.15) is 13.2 Å². The van der Waals surface area contributed by atoms with Gasteiger partial charge in [0.05, 0.1) is 24.9 Å². The molecule has 3 nitrogen and oxygen atoms in total. The predicted octanol–water partition coefficient (Wildman–Crippen LogP) is 1.94. The minimum atomic E-state index is -4.53. The van der Waals surface area contributed by atoms with Crippen LogP contribution in [0.1, 0.15) is 13.3 Å². The van der Waals surface area contributed by atoms with E-state index in [-0.39, 0.29) is 12.9 Å². The smallest absolute Gasteiger partial charge is 0.393 e. The quantitative estimate of drug-likeness (QED) is 0.428. The largest absolute Gasteiger partial charge is 0.515 e. The summed E-state index contributed by atoms with van der Waals surface area (Å²) in [5.41, 5.74) is -0.797. The summed E-state index contributed by atoms with van der Waals surface area (Å²) in [5, 5.41) is 8.32. The van der Waals surface area contributed by atoms with E-state index in [1.54, 1.807) is 0 Å². The van der Waals surface area contributed by atoms with Crippen molar-refractivity contribution in [3.8, 4) is 0 Å². The van der Waals surface area contributed by atoms with Crippen molar-refractivity contribution < 1.29 is 27.8 Å². The topological polar surface area (TPSA) is 46.5 Å². The number of esters is 1. The Morgan fingerprint density at radius 3 is 2.38 bits per heavy atom. The Bertz CT molecular complexity index is 208. The first kappa shape index (κ1) is 11.8. The zero-order chi connectivity index (χ0) is 10.5. The zero-order valence-electron chi connectivity index (χ0n) is 6.89. The normalized spacial score (nSPS) is 12.8. The molecule has 0 saturated carbocycles. The number of carbonyl (C=O) groups excluding carboxylic acids is 1. The fraction of sp³-hybridized carbons (Fsp3) is 0.571. The van der Waals surface area contributed by atoms with E-state index in [9.17, 15) is 18.0 Å². The zero-order valence-corrected chi connectivity index (χ0v) is 6.89. The highest BCUT2D eigenvalue weighted by molar-refractivity contribution is 5.88. The number of hydrogen-bond donors (Lipinski definition) is 1. The van der Waals surface area contributed by atoms with Gasteiger partial charge in [0.1, 0.15) is 0 Å². The molecule has 0 rings (SSSR count). The molecular weight excluding hydrogens is 189 g/mol. The highest BCUT2D eigenvalue weighted by Gasteiger charge is 2.32. The molecule has 0 aromatic heterocycles. The number of carbonyl (C=O) groups is 1. The Kier molecular flexibility index (Phi) is 4.30. The molecule has 0 aromatic carbocycles. The lowest BCUT2D eigenvalue weighted by Gasteiger charge is -2.07. The number of rotatable bonds is 3. The molecular formula is C7H9F3O3. The molecule has 13 heavy (non-hydrogen) atoms. The molecule has 0 aliphatic heterocycles. The molecule has 0 aliphatic carbocycles. The van der Waals surface area contributed by atoms with E-state index in [2.05, 4.69) is 4.74 Å². The summed E-state index contributed by atoms with van der Waals surface area (Å²) in [5.74, 6) is -1.15. The van der Waals surface area contributed by atoms with Crippen molar-refractivity contribution in [3.05, 3.63) is 11.8 Å². The molecule has 76 valence electrons. The molecule has 0 amide bonds. The third-order valence-electron chi connectivity index (χ3n) is 1.08. The Balaban J connectivity index is 4.29. The van der Waals surface area contributed by atoms with E-state index in [4.69, 9.17) is 5.11 Å². The molecule has 0 atom stereocenters. The van der Waals surface area contributed by atoms with Crippen molar-refractivity contribution in [1.82, 2.24) is 0 Å². The van der Waals surface area contributed by atoms with E-state index in [1.807, 2.05) is 0 Å². The molecule has 0 aromatic rings. The van der Waals surface area contributed by atoms with Crippen molar-refractivity contribution in [3.63, 3.8) is 0 Å². The lowest BCUT2D eigenvalue weighted by atomic mass is 10.2. The molecule has 0 aliphatic rings. The van der Waals surface area contributed by atoms with Crippen molar-refractivity contribution in [2.24, 2.45) is 0 Å². The summed E-state index contributed by atoms with van der Waals surface area (Å²) in [6.45, 7) is 1.43. The minimum Gasteiger partial charge on any atom is -0.515 e. The summed E-state index contributed by atoms with van der Waals surface area (Å²) in [6.07, 6.45) is -5.89. The number of alkyl halides is 3. The average molecular weight is 198 g/mol. The number of aliphatic hydroxyl groups is 1. The highest BCUT2D eigenvalue weighted by atomic mass is 19.4. The number of hydrogen-bond acceptors (Lipinski definition) is 3. The Hall–Kier alpha value is -1.20. The first-order chi connectivity index (χ1) is 5.90. The third kappa shape index (κ3) is 5.10. The van der Waals surface area contributed by atoms with Crippen LogP contribution in [0.3, 0.4) is 0 Å². The lowest BCUT2D eigenvalue weighted by Crippen LogP contribution is -2.16. The van der Waals surface area contributed by atoms with Gasteiger partial charge in [-0.1, -0.05) is 0 Å². The Labute approximate surface area is 72.8 Å². The molecule has 0 heterocycles. The van der Waals surface area contributed by atoms with Gasteiger partial charge in [-0.3, -0.25) is 0 Å². The second kappa shape index (κ2) is 4.74. The summed E-state index contributed by atoms with van der Waals surface area (Å²) in [4.78, 5) is 10.7. The first-order valence-electron chi connectivity index (χ1n) is 3.47. The molecule has 0 bridgehead atoms. The first-order valence-corrected chi connectivity index (χ1v) is 3.47. The van der Waals surface area contributed by atoms with Crippen LogP contribution in [0.25, 0.3) is 0 Å². The SMILES string of the molecule is CCOC(=O)/C(=C/O)CC(F)(F)F. The van der Waals surface area contributed by atoms with Gasteiger partial charge in [-0.25, -0.2) is 4.79 Å². The van der Waals surface area contributed by atoms with Crippen LogP contribution >= 0.6 is 0 Å². The Morgan fingerprint density at radius 1 is 1.54 bits per heavy atom. The van der Waals surface area contributed by atoms with Crippen LogP contribution in [-0.4, -0.2) is 23.9 Å². The van der Waals surface area contributed by atoms with Crippen molar-refractivity contribution in [2.45, 2.75) is 19.5 Å². The molecule has 0 spiro atoms. The number of halogens is 3. The van der Waals surface area contributed by atoms with Crippen molar-refractivity contribution >= 4 is 5.97 Å². The highest BCUT2D eigenvalue weighted by Crippen LogP contribution is 2.24. The number of aliphatic hydroxyl groups excluding tert-OH is 1. The van der Waals surface area contributed by atoms with Gasteiger partial charge >= 0.3 is 12.1 Å². The Morgan fingerprint density at radius 2 is 2.08 bits per heavy atom. The standard InChI is InChI=1S/C7H9F3O3/c1-2-13-6(12)5(4-11)3-7(8,9)10/h4,11H,2-3H2,1H3/b5-4+. The van der Waals surface area contributed by atoms with Crippen molar-refractivity contribution in [1.29, 1.82) is 0 Å². The second-order valence-corrected chi connectivity index (χ2v) is 2.17. The van der Waals surface area contributed by atoms with Gasteiger partial charge in [0.15, 0.2) is 0 Å². The monoisotopic (exact) mass is 198 g/mol. The molecule has 6 heteroatoms. The van der Waals surface area contributed by atoms with Crippen LogP contribution in [0.5, 0.6) is 0 Å². The second-order valence-electron chi connectivity index (χ2n) is 2.17. The van der Waals surface area contributed by atoms with E-state index in [0.29, 0.717) is 0 Å². The lowest BCUT2D eigenvalue weighted by molar-refractivity contribution is -0.147. The summed E-state index contributed by atoms with van der Waals surface area (Å²) < 4.78 is 39.5. The number of ether oxygens (including phenoxy) is 1. The third-order valence-corrected chi connectivity index (χ3v) is 1.08. The summed E-state index contributed by atoms with van der Waals surface area (Å²) >= 11 is 0. The van der Waals surface area contributed by atoms with Gasteiger partial charge in [0.25, 0.3) is 0 Å². The molecule has 1 N–H and O–H groups in total. The van der Waals surface area contributed by atoms with Gasteiger partial charge < -0.3 is 9.84 Å².